The van der Waals surface area contributed by atoms with Crippen molar-refractivity contribution in [1.29, 1.82) is 0 Å². The minimum Gasteiger partial charge on any atom is -0.384 e. The van der Waals surface area contributed by atoms with Gasteiger partial charge in [0.1, 0.15) is 5.82 Å². The van der Waals surface area contributed by atoms with Gasteiger partial charge in [-0.1, -0.05) is 22.0 Å². The molecule has 1 aromatic carbocycles. The van der Waals surface area contributed by atoms with Crippen molar-refractivity contribution in [3.63, 3.8) is 0 Å². The van der Waals surface area contributed by atoms with Gasteiger partial charge < -0.3 is 5.73 Å². The summed E-state index contributed by atoms with van der Waals surface area (Å²) in [5.74, 6) is 0.334. The number of nitrogens with one attached hydrogen (secondary N) is 1. The maximum absolute atomic E-state index is 12.0. The maximum Gasteiger partial charge on any atom is 0.261 e. The van der Waals surface area contributed by atoms with Crippen LogP contribution in [0.3, 0.4) is 0 Å². The molecule has 0 atom stereocenters. The fraction of sp³-hybridized carbons (Fsp3) is 0. The predicted octanol–water partition coefficient (Wildman–Crippen LogP) is 2.23. The fourth-order valence-electron chi connectivity index (χ4n) is 1.31. The first-order valence-electron chi connectivity index (χ1n) is 4.97. The molecule has 0 aliphatic carbocycles. The molecular weight excluding hydrogens is 318 g/mol. The van der Waals surface area contributed by atoms with E-state index in [1.807, 2.05) is 0 Å². The Kier molecular flexibility index (Phi) is 3.53. The van der Waals surface area contributed by atoms with Gasteiger partial charge in [-0.15, -0.1) is 0 Å². The summed E-state index contributed by atoms with van der Waals surface area (Å²) in [5.41, 5.74) is 5.79. The van der Waals surface area contributed by atoms with E-state index < -0.39 is 10.0 Å². The van der Waals surface area contributed by atoms with Crippen LogP contribution in [-0.2, 0) is 10.0 Å². The maximum atomic E-state index is 12.0. The molecule has 0 amide bonds. The van der Waals surface area contributed by atoms with Crippen molar-refractivity contribution in [3.05, 3.63) is 47.1 Å². The molecule has 18 heavy (non-hydrogen) atoms. The second-order valence-corrected chi connectivity index (χ2v) is 6.13. The highest BCUT2D eigenvalue weighted by atomic mass is 79.9. The number of aromatic nitrogens is 1. The van der Waals surface area contributed by atoms with Crippen LogP contribution < -0.4 is 10.5 Å². The molecule has 1 aromatic heterocycles. The molecule has 0 fully saturated rings. The van der Waals surface area contributed by atoms with E-state index in [0.717, 1.165) is 0 Å². The lowest BCUT2D eigenvalue weighted by atomic mass is 10.4. The zero-order chi connectivity index (χ0) is 13.2. The Balaban J connectivity index is 2.30. The third kappa shape index (κ3) is 2.99. The number of nitrogens with zero attached hydrogens (tertiary/aromatic N) is 1. The molecule has 0 spiro atoms. The van der Waals surface area contributed by atoms with Gasteiger partial charge in [0.15, 0.2) is 0 Å². The minimum atomic E-state index is -3.61. The van der Waals surface area contributed by atoms with Gasteiger partial charge in [-0.3, -0.25) is 4.72 Å². The topological polar surface area (TPSA) is 85.1 Å². The Hall–Kier alpha value is -1.60. The monoisotopic (exact) mass is 327 g/mol. The molecule has 0 saturated carbocycles. The summed E-state index contributed by atoms with van der Waals surface area (Å²) in [6, 6.07) is 9.52. The van der Waals surface area contributed by atoms with E-state index in [9.17, 15) is 8.42 Å². The summed E-state index contributed by atoms with van der Waals surface area (Å²) >= 11 is 3.23. The highest BCUT2D eigenvalue weighted by molar-refractivity contribution is 9.10. The number of rotatable bonds is 3. The first kappa shape index (κ1) is 12.8. The van der Waals surface area contributed by atoms with Crippen LogP contribution in [0.15, 0.2) is 52.0 Å². The molecule has 0 bridgehead atoms. The summed E-state index contributed by atoms with van der Waals surface area (Å²) in [6.07, 6.45) is 1.37. The average molecular weight is 328 g/mol. The molecule has 2 rings (SSSR count). The smallest absolute Gasteiger partial charge is 0.261 e. The van der Waals surface area contributed by atoms with E-state index in [-0.39, 0.29) is 4.90 Å². The van der Waals surface area contributed by atoms with Crippen LogP contribution in [0.4, 0.5) is 11.5 Å². The van der Waals surface area contributed by atoms with Crippen molar-refractivity contribution in [3.8, 4) is 0 Å². The van der Waals surface area contributed by atoms with Gasteiger partial charge in [0.25, 0.3) is 10.0 Å². The zero-order valence-electron chi connectivity index (χ0n) is 9.17. The van der Waals surface area contributed by atoms with Crippen molar-refractivity contribution >= 4 is 37.5 Å². The first-order valence-corrected chi connectivity index (χ1v) is 7.25. The number of hydrogen-bond donors (Lipinski definition) is 2. The number of hydrogen-bond acceptors (Lipinski definition) is 4. The molecule has 94 valence electrons. The van der Waals surface area contributed by atoms with Crippen LogP contribution in [0.5, 0.6) is 0 Å². The van der Waals surface area contributed by atoms with Crippen LogP contribution in [0, 0.1) is 0 Å². The van der Waals surface area contributed by atoms with E-state index >= 15 is 0 Å². The lowest BCUT2D eigenvalue weighted by molar-refractivity contribution is 0.601. The molecule has 0 radical (unpaired) electrons. The van der Waals surface area contributed by atoms with Gasteiger partial charge in [0.2, 0.25) is 0 Å². The fourth-order valence-corrected chi connectivity index (χ4v) is 2.95. The first-order chi connectivity index (χ1) is 8.47. The van der Waals surface area contributed by atoms with E-state index in [2.05, 4.69) is 25.6 Å². The number of nitrogens with two attached hydrogens (primary N) is 1. The quantitative estimate of drug-likeness (QED) is 0.905. The van der Waals surface area contributed by atoms with Crippen molar-refractivity contribution in [2.75, 3.05) is 10.5 Å². The van der Waals surface area contributed by atoms with E-state index in [1.165, 1.54) is 24.4 Å². The highest BCUT2D eigenvalue weighted by Crippen LogP contribution is 2.19. The molecule has 2 aromatic rings. The van der Waals surface area contributed by atoms with Crippen LogP contribution in [-0.4, -0.2) is 13.4 Å². The van der Waals surface area contributed by atoms with Gasteiger partial charge in [-0.05, 0) is 30.3 Å². The second kappa shape index (κ2) is 4.95. The third-order valence-corrected chi connectivity index (χ3v) is 4.02. The zero-order valence-corrected chi connectivity index (χ0v) is 11.6. The van der Waals surface area contributed by atoms with Gasteiger partial charge in [-0.2, -0.15) is 0 Å². The summed E-state index contributed by atoms with van der Waals surface area (Å²) in [7, 11) is -3.61. The largest absolute Gasteiger partial charge is 0.384 e. The Labute approximate surface area is 113 Å². The molecule has 0 aliphatic rings. The highest BCUT2D eigenvalue weighted by Gasteiger charge is 2.14. The molecule has 1 heterocycles. The van der Waals surface area contributed by atoms with Crippen LogP contribution in [0.1, 0.15) is 0 Å². The third-order valence-electron chi connectivity index (χ3n) is 2.14. The number of anilines is 2. The second-order valence-electron chi connectivity index (χ2n) is 3.53. The van der Waals surface area contributed by atoms with Gasteiger partial charge in [0, 0.05) is 4.47 Å². The predicted molar refractivity (Wildman–Crippen MR) is 73.6 cm³/mol. The molecule has 0 saturated heterocycles. The average Bonchev–Trinajstić information content (AvgIpc) is 2.32. The summed E-state index contributed by atoms with van der Waals surface area (Å²) in [4.78, 5) is 3.99. The van der Waals surface area contributed by atoms with Crippen molar-refractivity contribution in [1.82, 2.24) is 4.98 Å². The Bertz CT molecular complexity index is 656. The molecule has 7 heteroatoms. The van der Waals surface area contributed by atoms with Crippen LogP contribution in [0.25, 0.3) is 0 Å². The molecule has 5 nitrogen and oxygen atoms in total. The Morgan fingerprint density at radius 1 is 1.22 bits per heavy atom. The number of nitrogen functional groups attached to an aromatic ring is 1. The van der Waals surface area contributed by atoms with E-state index in [1.54, 1.807) is 18.2 Å². The standard InChI is InChI=1S/C11H10BrN3O2S/c12-8-2-1-3-10(6-8)18(16,17)15-9-4-5-11(13)14-7-9/h1-7,15H,(H2,13,14). The van der Waals surface area contributed by atoms with Crippen LogP contribution >= 0.6 is 15.9 Å². The Morgan fingerprint density at radius 2 is 2.00 bits per heavy atom. The van der Waals surface area contributed by atoms with Gasteiger partial charge >= 0.3 is 0 Å². The summed E-state index contributed by atoms with van der Waals surface area (Å²) in [6.45, 7) is 0. The number of sulfonamides is 1. The van der Waals surface area contributed by atoms with E-state index in [4.69, 9.17) is 5.73 Å². The van der Waals surface area contributed by atoms with Crippen LogP contribution in [0.2, 0.25) is 0 Å². The number of benzene rings is 1. The summed E-state index contributed by atoms with van der Waals surface area (Å²) in [5, 5.41) is 0. The van der Waals surface area contributed by atoms with Gasteiger partial charge in [-0.25, -0.2) is 13.4 Å². The van der Waals surface area contributed by atoms with E-state index in [0.29, 0.717) is 16.0 Å². The van der Waals surface area contributed by atoms with Crippen molar-refractivity contribution in [2.24, 2.45) is 0 Å². The minimum absolute atomic E-state index is 0.175. The normalized spacial score (nSPS) is 11.2. The molecule has 0 aliphatic heterocycles. The lowest BCUT2D eigenvalue weighted by Gasteiger charge is -2.08. The molecule has 0 unspecified atom stereocenters. The van der Waals surface area contributed by atoms with Gasteiger partial charge in [0.05, 0.1) is 16.8 Å². The SMILES string of the molecule is Nc1ccc(NS(=O)(=O)c2cccc(Br)c2)cn1. The molecular formula is C11H10BrN3O2S. The van der Waals surface area contributed by atoms with Crippen molar-refractivity contribution < 1.29 is 8.42 Å². The number of pyridine rings is 1. The van der Waals surface area contributed by atoms with Crippen molar-refractivity contribution in [2.45, 2.75) is 4.90 Å². The lowest BCUT2D eigenvalue weighted by Crippen LogP contribution is -2.13. The molecule has 3 N–H and O–H groups in total. The Morgan fingerprint density at radius 3 is 2.61 bits per heavy atom. The number of halogens is 1. The summed E-state index contributed by atoms with van der Waals surface area (Å²) < 4.78 is 27.2.